The molecule has 168 valence electrons. The Bertz CT molecular complexity index is 1730. The van der Waals surface area contributed by atoms with Crippen LogP contribution in [0.4, 0.5) is 5.69 Å². The smallest absolute Gasteiger partial charge is 0.347 e. The number of para-hydroxylation sites is 1. The summed E-state index contributed by atoms with van der Waals surface area (Å²) < 4.78 is 6.36. The van der Waals surface area contributed by atoms with Gasteiger partial charge in [-0.05, 0) is 70.6 Å². The number of rotatable bonds is 3. The Hall–Kier alpha value is -4.11. The Morgan fingerprint density at radius 1 is 0.686 bits per heavy atom. The first kappa shape index (κ1) is 21.4. The zero-order chi connectivity index (χ0) is 24.1. The van der Waals surface area contributed by atoms with Crippen LogP contribution >= 0.6 is 22.6 Å². The van der Waals surface area contributed by atoms with Gasteiger partial charge in [-0.15, -0.1) is 0 Å². The van der Waals surface area contributed by atoms with Crippen molar-refractivity contribution in [1.29, 1.82) is 0 Å². The molecular formula is C28H15IN2O4. The third-order valence-corrected chi connectivity index (χ3v) is 6.62. The highest BCUT2D eigenvalue weighted by Crippen LogP contribution is 2.37. The van der Waals surface area contributed by atoms with E-state index in [9.17, 15) is 14.4 Å². The molecule has 2 heterocycles. The van der Waals surface area contributed by atoms with Gasteiger partial charge in [0.15, 0.2) is 0 Å². The van der Waals surface area contributed by atoms with E-state index in [0.717, 1.165) is 14.7 Å². The largest absolute Gasteiger partial charge is 0.403 e. The van der Waals surface area contributed by atoms with Gasteiger partial charge in [0.05, 0.1) is 27.7 Å². The summed E-state index contributed by atoms with van der Waals surface area (Å²) in [7, 11) is 0. The van der Waals surface area contributed by atoms with Crippen molar-refractivity contribution in [1.82, 2.24) is 4.98 Å². The molecular weight excluding hydrogens is 555 g/mol. The van der Waals surface area contributed by atoms with Crippen LogP contribution in [-0.4, -0.2) is 16.8 Å². The SMILES string of the molecule is O=C1c2ccc(-c3nc4ccc(I)cc4c(=O)o3)cc2C(=O)N1c1ccccc1-c1ccccc1. The van der Waals surface area contributed by atoms with Crippen molar-refractivity contribution in [3.8, 4) is 22.6 Å². The van der Waals surface area contributed by atoms with Gasteiger partial charge in [0, 0.05) is 14.7 Å². The number of hydrogen-bond donors (Lipinski definition) is 0. The Morgan fingerprint density at radius 3 is 2.26 bits per heavy atom. The van der Waals surface area contributed by atoms with E-state index in [4.69, 9.17) is 4.42 Å². The fraction of sp³-hybridized carbons (Fsp3) is 0. The standard InChI is InChI=1S/C28H15IN2O4/c29-18-11-13-23-22(15-18)28(34)35-25(30-23)17-10-12-20-21(14-17)27(33)31(26(20)32)24-9-5-4-8-19(24)16-6-2-1-3-7-16/h1-15H. The highest BCUT2D eigenvalue weighted by atomic mass is 127. The molecule has 0 radical (unpaired) electrons. The second-order valence-electron chi connectivity index (χ2n) is 8.06. The number of aromatic nitrogens is 1. The maximum atomic E-state index is 13.5. The van der Waals surface area contributed by atoms with Crippen molar-refractivity contribution in [2.45, 2.75) is 0 Å². The molecule has 4 aromatic carbocycles. The number of amides is 2. The summed E-state index contributed by atoms with van der Waals surface area (Å²) in [6.45, 7) is 0. The average molecular weight is 570 g/mol. The van der Waals surface area contributed by atoms with E-state index < -0.39 is 17.4 Å². The number of carbonyl (C=O) groups is 2. The third-order valence-electron chi connectivity index (χ3n) is 5.95. The third kappa shape index (κ3) is 3.55. The topological polar surface area (TPSA) is 80.5 Å². The van der Waals surface area contributed by atoms with Gasteiger partial charge in [-0.1, -0.05) is 48.5 Å². The van der Waals surface area contributed by atoms with Crippen molar-refractivity contribution in [2.24, 2.45) is 0 Å². The van der Waals surface area contributed by atoms with Gasteiger partial charge >= 0.3 is 5.63 Å². The highest BCUT2D eigenvalue weighted by Gasteiger charge is 2.38. The minimum Gasteiger partial charge on any atom is -0.403 e. The molecule has 35 heavy (non-hydrogen) atoms. The molecule has 5 aromatic rings. The predicted molar refractivity (Wildman–Crippen MR) is 141 cm³/mol. The van der Waals surface area contributed by atoms with E-state index in [1.54, 1.807) is 42.5 Å². The molecule has 0 unspecified atom stereocenters. The summed E-state index contributed by atoms with van der Waals surface area (Å²) in [6, 6.07) is 27.0. The van der Waals surface area contributed by atoms with E-state index in [-0.39, 0.29) is 11.5 Å². The molecule has 0 atom stereocenters. The molecule has 6 nitrogen and oxygen atoms in total. The van der Waals surface area contributed by atoms with Gasteiger partial charge in [0.25, 0.3) is 11.8 Å². The Balaban J connectivity index is 1.44. The molecule has 6 rings (SSSR count). The molecule has 0 fully saturated rings. The van der Waals surface area contributed by atoms with Crippen LogP contribution in [0.5, 0.6) is 0 Å². The Kier molecular flexibility index (Phi) is 5.07. The van der Waals surface area contributed by atoms with E-state index in [1.807, 2.05) is 48.5 Å². The fourth-order valence-electron chi connectivity index (χ4n) is 4.29. The van der Waals surface area contributed by atoms with Gasteiger partial charge in [0.2, 0.25) is 5.89 Å². The lowest BCUT2D eigenvalue weighted by molar-refractivity contribution is 0.0926. The number of benzene rings is 4. The second-order valence-corrected chi connectivity index (χ2v) is 9.30. The van der Waals surface area contributed by atoms with Crippen molar-refractivity contribution in [3.05, 3.63) is 116 Å². The highest BCUT2D eigenvalue weighted by molar-refractivity contribution is 14.1. The summed E-state index contributed by atoms with van der Waals surface area (Å²) in [4.78, 5) is 45.0. The minimum absolute atomic E-state index is 0.0925. The van der Waals surface area contributed by atoms with Gasteiger partial charge in [-0.3, -0.25) is 9.59 Å². The number of imide groups is 1. The summed E-state index contributed by atoms with van der Waals surface area (Å²) in [5.41, 5.74) is 3.15. The van der Waals surface area contributed by atoms with Gasteiger partial charge < -0.3 is 4.42 Å². The van der Waals surface area contributed by atoms with Gasteiger partial charge in [-0.25, -0.2) is 14.7 Å². The minimum atomic E-state index is -0.509. The van der Waals surface area contributed by atoms with E-state index >= 15 is 0 Å². The van der Waals surface area contributed by atoms with Crippen LogP contribution in [0.2, 0.25) is 0 Å². The molecule has 1 aromatic heterocycles. The molecule has 0 bridgehead atoms. The molecule has 1 aliphatic heterocycles. The van der Waals surface area contributed by atoms with Crippen LogP contribution in [0.25, 0.3) is 33.5 Å². The molecule has 0 spiro atoms. The number of halogens is 1. The maximum Gasteiger partial charge on any atom is 0.347 e. The lowest BCUT2D eigenvalue weighted by Gasteiger charge is -2.18. The van der Waals surface area contributed by atoms with E-state index in [0.29, 0.717) is 27.7 Å². The molecule has 0 N–H and O–H groups in total. The van der Waals surface area contributed by atoms with E-state index in [1.165, 1.54) is 4.90 Å². The number of anilines is 1. The fourth-order valence-corrected chi connectivity index (χ4v) is 4.78. The summed E-state index contributed by atoms with van der Waals surface area (Å²) >= 11 is 2.12. The first-order valence-electron chi connectivity index (χ1n) is 10.8. The van der Waals surface area contributed by atoms with Crippen molar-refractivity contribution in [2.75, 3.05) is 4.90 Å². The quantitative estimate of drug-likeness (QED) is 0.199. The number of fused-ring (bicyclic) bond motifs is 2. The van der Waals surface area contributed by atoms with Gasteiger partial charge in [-0.2, -0.15) is 0 Å². The normalized spacial score (nSPS) is 12.9. The molecule has 0 saturated carbocycles. The van der Waals surface area contributed by atoms with Crippen LogP contribution in [-0.2, 0) is 0 Å². The lowest BCUT2D eigenvalue weighted by atomic mass is 10.0. The summed E-state index contributed by atoms with van der Waals surface area (Å²) in [5.74, 6) is -0.745. The Labute approximate surface area is 213 Å². The predicted octanol–water partition coefficient (Wildman–Crippen LogP) is 5.93. The van der Waals surface area contributed by atoms with Crippen molar-refractivity contribution >= 4 is 51.0 Å². The van der Waals surface area contributed by atoms with Crippen LogP contribution in [0.1, 0.15) is 20.7 Å². The van der Waals surface area contributed by atoms with Crippen LogP contribution in [0.3, 0.4) is 0 Å². The van der Waals surface area contributed by atoms with Crippen LogP contribution < -0.4 is 10.5 Å². The maximum absolute atomic E-state index is 13.5. The monoisotopic (exact) mass is 570 g/mol. The number of nitrogens with zero attached hydrogens (tertiary/aromatic N) is 2. The van der Waals surface area contributed by atoms with Crippen molar-refractivity contribution < 1.29 is 14.0 Å². The van der Waals surface area contributed by atoms with E-state index in [2.05, 4.69) is 27.6 Å². The molecule has 7 heteroatoms. The van der Waals surface area contributed by atoms with Crippen molar-refractivity contribution in [3.63, 3.8) is 0 Å². The molecule has 0 saturated heterocycles. The second kappa shape index (κ2) is 8.28. The van der Waals surface area contributed by atoms with Crippen LogP contribution in [0.15, 0.2) is 100 Å². The number of hydrogen-bond acceptors (Lipinski definition) is 5. The molecule has 1 aliphatic rings. The molecule has 2 amide bonds. The van der Waals surface area contributed by atoms with Crippen LogP contribution in [0, 0.1) is 3.57 Å². The first-order chi connectivity index (χ1) is 17.0. The summed E-state index contributed by atoms with van der Waals surface area (Å²) in [5, 5.41) is 0.386. The first-order valence-corrected chi connectivity index (χ1v) is 11.9. The molecule has 0 aliphatic carbocycles. The average Bonchev–Trinajstić information content (AvgIpc) is 3.14. The lowest BCUT2D eigenvalue weighted by Crippen LogP contribution is -2.29. The van der Waals surface area contributed by atoms with Gasteiger partial charge in [0.1, 0.15) is 0 Å². The zero-order valence-corrected chi connectivity index (χ0v) is 20.2. The zero-order valence-electron chi connectivity index (χ0n) is 18.1. The number of carbonyl (C=O) groups excluding carboxylic acids is 2. The summed E-state index contributed by atoms with van der Waals surface area (Å²) in [6.07, 6.45) is 0. The Morgan fingerprint density at radius 2 is 1.43 bits per heavy atom.